The van der Waals surface area contributed by atoms with Crippen LogP contribution in [-0.4, -0.2) is 34.0 Å². The quantitative estimate of drug-likeness (QED) is 0.107. The number of fused-ring (bicyclic) bond motifs is 2. The van der Waals surface area contributed by atoms with Crippen LogP contribution in [0.25, 0.3) is 28.2 Å². The van der Waals surface area contributed by atoms with E-state index in [0.717, 1.165) is 33.9 Å². The Morgan fingerprint density at radius 2 is 1.07 bits per heavy atom. The van der Waals surface area contributed by atoms with Crippen LogP contribution in [0, 0.1) is 0 Å². The summed E-state index contributed by atoms with van der Waals surface area (Å²) >= 11 is 0. The van der Waals surface area contributed by atoms with Crippen LogP contribution in [0.2, 0.25) is 0 Å². The summed E-state index contributed by atoms with van der Waals surface area (Å²) < 4.78 is 53.7. The van der Waals surface area contributed by atoms with Gasteiger partial charge in [-0.15, -0.1) is 0 Å². The summed E-state index contributed by atoms with van der Waals surface area (Å²) in [6, 6.07) is 28.0. The predicted molar refractivity (Wildman–Crippen MR) is 210 cm³/mol. The molecule has 0 atom stereocenters. The molecule has 1 aliphatic rings. The fraction of sp³-hybridized carbons (Fsp3) is 0.222. The van der Waals surface area contributed by atoms with E-state index in [2.05, 4.69) is 0 Å². The lowest BCUT2D eigenvalue weighted by Gasteiger charge is -2.28. The molecule has 1 aromatic heterocycles. The summed E-state index contributed by atoms with van der Waals surface area (Å²) in [5.41, 5.74) is 3.52. The van der Waals surface area contributed by atoms with E-state index in [9.17, 15) is 4.79 Å². The fourth-order valence-corrected chi connectivity index (χ4v) is 6.23. The van der Waals surface area contributed by atoms with E-state index in [1.807, 2.05) is 98.8 Å². The number of methoxy groups -OCH3 is 4. The van der Waals surface area contributed by atoms with Gasteiger partial charge in [-0.2, -0.15) is 0 Å². The molecule has 6 aromatic rings. The van der Waals surface area contributed by atoms with Gasteiger partial charge in [0, 0.05) is 17.7 Å². The van der Waals surface area contributed by atoms with Crippen LogP contribution >= 0.6 is 0 Å². The zero-order valence-electron chi connectivity index (χ0n) is 31.6. The normalized spacial score (nSPS) is 12.7. The Kier molecular flexibility index (Phi) is 10.6. The van der Waals surface area contributed by atoms with E-state index in [-0.39, 0.29) is 36.2 Å². The third-order valence-corrected chi connectivity index (χ3v) is 9.25. The molecule has 7 rings (SSSR count). The molecule has 0 N–H and O–H groups in total. The molecule has 0 aliphatic carbocycles. The highest BCUT2D eigenvalue weighted by Crippen LogP contribution is 2.44. The predicted octanol–water partition coefficient (Wildman–Crippen LogP) is 9.42. The molecule has 0 radical (unpaired) electrons. The second-order valence-corrected chi connectivity index (χ2v) is 13.4. The van der Waals surface area contributed by atoms with E-state index in [1.165, 1.54) is 13.4 Å². The Labute approximate surface area is 319 Å². The Morgan fingerprint density at radius 1 is 0.582 bits per heavy atom. The van der Waals surface area contributed by atoms with Crippen molar-refractivity contribution in [1.29, 1.82) is 0 Å². The Bertz CT molecular complexity index is 2370. The van der Waals surface area contributed by atoms with Crippen molar-refractivity contribution in [3.63, 3.8) is 0 Å². The maximum atomic E-state index is 14.6. The number of hydrogen-bond donors (Lipinski definition) is 0. The average molecular weight is 743 g/mol. The van der Waals surface area contributed by atoms with Crippen molar-refractivity contribution in [3.05, 3.63) is 136 Å². The Morgan fingerprint density at radius 3 is 1.56 bits per heavy atom. The van der Waals surface area contributed by atoms with Gasteiger partial charge >= 0.3 is 0 Å². The van der Waals surface area contributed by atoms with Crippen molar-refractivity contribution in [1.82, 2.24) is 0 Å². The smallest absolute Gasteiger partial charge is 0.204 e. The summed E-state index contributed by atoms with van der Waals surface area (Å²) in [6.45, 7) is 4.54. The second-order valence-electron chi connectivity index (χ2n) is 13.4. The maximum Gasteiger partial charge on any atom is 0.204 e. The first-order valence-electron chi connectivity index (χ1n) is 17.7. The standard InChI is InChI=1S/C45H42O10/c1-45(2)20-19-34-38(55-45)23-41-42(44(34)50-6)43(46)36(27-54-41)35-21-39(52-25-29-9-15-32(48-4)16-10-29)40(53-26-30-11-17-33(49-5)18-12-30)22-37(35)51-24-28-7-13-31(47-3)14-8-28/h7-23,27H,24-26H2,1-6H3. The molecule has 2 heterocycles. The lowest BCUT2D eigenvalue weighted by atomic mass is 9.98. The molecular weight excluding hydrogens is 700 g/mol. The van der Waals surface area contributed by atoms with Gasteiger partial charge in [-0.25, -0.2) is 0 Å². The maximum absolute atomic E-state index is 14.6. The molecule has 0 saturated heterocycles. The van der Waals surface area contributed by atoms with Crippen LogP contribution < -0.4 is 43.3 Å². The van der Waals surface area contributed by atoms with Crippen molar-refractivity contribution in [2.24, 2.45) is 0 Å². The van der Waals surface area contributed by atoms with Gasteiger partial charge in [0.2, 0.25) is 5.43 Å². The minimum atomic E-state index is -0.540. The zero-order chi connectivity index (χ0) is 38.5. The molecule has 0 bridgehead atoms. The molecule has 0 fully saturated rings. The third kappa shape index (κ3) is 8.03. The minimum Gasteiger partial charge on any atom is -0.497 e. The molecule has 282 valence electrons. The summed E-state index contributed by atoms with van der Waals surface area (Å²) in [4.78, 5) is 14.6. The zero-order valence-corrected chi connectivity index (χ0v) is 31.6. The van der Waals surface area contributed by atoms with E-state index < -0.39 is 5.60 Å². The van der Waals surface area contributed by atoms with Crippen molar-refractivity contribution in [3.8, 4) is 57.1 Å². The topological polar surface area (TPSA) is 104 Å². The van der Waals surface area contributed by atoms with Crippen LogP contribution in [0.5, 0.6) is 46.0 Å². The summed E-state index contributed by atoms with van der Waals surface area (Å²) in [5, 5.41) is 0.272. The Hall–Kier alpha value is -6.55. The van der Waals surface area contributed by atoms with Crippen molar-refractivity contribution < 1.29 is 42.3 Å². The van der Waals surface area contributed by atoms with E-state index in [4.69, 9.17) is 42.3 Å². The summed E-state index contributed by atoms with van der Waals surface area (Å²) in [5.74, 6) is 4.31. The van der Waals surface area contributed by atoms with Crippen LogP contribution in [-0.2, 0) is 19.8 Å². The highest BCUT2D eigenvalue weighted by Gasteiger charge is 2.28. The SMILES string of the molecule is COc1ccc(COc2cc(OCc3ccc(OC)cc3)c(-c3coc4cc5c(c(OC)c4c3=O)C=CC(C)(C)O5)cc2OCc2ccc(OC)cc2)cc1. The van der Waals surface area contributed by atoms with Crippen molar-refractivity contribution in [2.45, 2.75) is 39.3 Å². The lowest BCUT2D eigenvalue weighted by molar-refractivity contribution is 0.158. The molecule has 0 saturated carbocycles. The first-order chi connectivity index (χ1) is 26.7. The van der Waals surface area contributed by atoms with E-state index in [0.29, 0.717) is 45.5 Å². The number of rotatable bonds is 14. The van der Waals surface area contributed by atoms with Crippen molar-refractivity contribution in [2.75, 3.05) is 28.4 Å². The highest BCUT2D eigenvalue weighted by atomic mass is 16.5. The van der Waals surface area contributed by atoms with Gasteiger partial charge in [-0.1, -0.05) is 36.4 Å². The van der Waals surface area contributed by atoms with Crippen LogP contribution in [0.4, 0.5) is 0 Å². The fourth-order valence-electron chi connectivity index (χ4n) is 6.23. The molecule has 10 nitrogen and oxygen atoms in total. The average Bonchev–Trinajstić information content (AvgIpc) is 3.21. The van der Waals surface area contributed by atoms with E-state index >= 15 is 0 Å². The number of hydrogen-bond acceptors (Lipinski definition) is 10. The van der Waals surface area contributed by atoms with Gasteiger partial charge in [-0.05, 0) is 85.2 Å². The first kappa shape index (κ1) is 36.8. The molecule has 55 heavy (non-hydrogen) atoms. The summed E-state index contributed by atoms with van der Waals surface area (Å²) in [6.07, 6.45) is 5.27. The molecular formula is C45H42O10. The number of ether oxygens (including phenoxy) is 8. The van der Waals surface area contributed by atoms with Gasteiger partial charge in [0.1, 0.15) is 77.2 Å². The minimum absolute atomic E-state index is 0.189. The van der Waals surface area contributed by atoms with Gasteiger partial charge < -0.3 is 42.3 Å². The van der Waals surface area contributed by atoms with Gasteiger partial charge in [0.15, 0.2) is 11.5 Å². The molecule has 0 unspecified atom stereocenters. The van der Waals surface area contributed by atoms with Gasteiger partial charge in [0.25, 0.3) is 0 Å². The van der Waals surface area contributed by atoms with Crippen LogP contribution in [0.15, 0.2) is 113 Å². The molecule has 0 spiro atoms. The molecule has 0 amide bonds. The second kappa shape index (κ2) is 15.8. The van der Waals surface area contributed by atoms with E-state index in [1.54, 1.807) is 39.5 Å². The number of benzene rings is 5. The molecule has 1 aliphatic heterocycles. The monoisotopic (exact) mass is 742 g/mol. The highest BCUT2D eigenvalue weighted by molar-refractivity contribution is 5.94. The molecule has 5 aromatic carbocycles. The lowest BCUT2D eigenvalue weighted by Crippen LogP contribution is -2.27. The summed E-state index contributed by atoms with van der Waals surface area (Å²) in [7, 11) is 6.39. The first-order valence-corrected chi connectivity index (χ1v) is 17.7. The Balaban J connectivity index is 1.35. The van der Waals surface area contributed by atoms with Crippen LogP contribution in [0.3, 0.4) is 0 Å². The van der Waals surface area contributed by atoms with Gasteiger partial charge in [-0.3, -0.25) is 4.79 Å². The third-order valence-electron chi connectivity index (χ3n) is 9.25. The van der Waals surface area contributed by atoms with Crippen molar-refractivity contribution >= 4 is 17.0 Å². The van der Waals surface area contributed by atoms with Gasteiger partial charge in [0.05, 0.1) is 39.6 Å². The van der Waals surface area contributed by atoms with Crippen LogP contribution in [0.1, 0.15) is 36.1 Å². The largest absolute Gasteiger partial charge is 0.497 e. The molecule has 10 heteroatoms.